The molecule has 0 spiro atoms. The Morgan fingerprint density at radius 3 is 3.00 bits per heavy atom. The number of rotatable bonds is 5. The molecule has 6 nitrogen and oxygen atoms in total. The summed E-state index contributed by atoms with van der Waals surface area (Å²) in [4.78, 5) is 18.6. The first kappa shape index (κ1) is 16.1. The summed E-state index contributed by atoms with van der Waals surface area (Å²) < 4.78 is 7.94. The van der Waals surface area contributed by atoms with Gasteiger partial charge in [0.25, 0.3) is 0 Å². The number of carbonyl (C=O) groups is 1. The highest BCUT2D eigenvalue weighted by molar-refractivity contribution is 5.78. The van der Waals surface area contributed by atoms with E-state index in [0.29, 0.717) is 6.54 Å². The highest BCUT2D eigenvalue weighted by Crippen LogP contribution is 2.49. The normalized spacial score (nSPS) is 25.2. The standard InChI is InChI=1S/C19H23N3O3/c1-14-20-7-10-22(14)9-4-8-21-11-16-15-5-2-3-6-17(15)25-13-19(16,12-21)18(23)24/h2-3,5-7,10,16H,4,8-9,11-13H2,1H3,(H,23,24)/t16-,19-/m1/s1. The molecule has 1 fully saturated rings. The van der Waals surface area contributed by atoms with Gasteiger partial charge in [0.2, 0.25) is 0 Å². The molecule has 1 saturated heterocycles. The molecule has 3 heterocycles. The maximum absolute atomic E-state index is 12.1. The zero-order chi connectivity index (χ0) is 17.4. The van der Waals surface area contributed by atoms with Crippen LogP contribution in [-0.2, 0) is 11.3 Å². The third kappa shape index (κ3) is 2.70. The molecule has 2 aliphatic rings. The van der Waals surface area contributed by atoms with Crippen LogP contribution in [-0.4, -0.2) is 51.8 Å². The van der Waals surface area contributed by atoms with Crippen molar-refractivity contribution in [2.75, 3.05) is 26.2 Å². The Morgan fingerprint density at radius 2 is 2.24 bits per heavy atom. The lowest BCUT2D eigenvalue weighted by atomic mass is 9.73. The molecule has 0 amide bonds. The highest BCUT2D eigenvalue weighted by atomic mass is 16.5. The molecule has 4 rings (SSSR count). The van der Waals surface area contributed by atoms with Crippen LogP contribution in [0, 0.1) is 12.3 Å². The molecule has 1 N–H and O–H groups in total. The SMILES string of the molecule is Cc1nccn1CCCN1C[C@@H]2c3ccccc3OC[C@]2(C(=O)O)C1. The van der Waals surface area contributed by atoms with Crippen molar-refractivity contribution < 1.29 is 14.6 Å². The second-order valence-electron chi connectivity index (χ2n) is 7.10. The second-order valence-corrected chi connectivity index (χ2v) is 7.10. The number of imidazole rings is 1. The van der Waals surface area contributed by atoms with Crippen LogP contribution < -0.4 is 4.74 Å². The molecular weight excluding hydrogens is 318 g/mol. The molecule has 1 aromatic carbocycles. The molecule has 132 valence electrons. The average molecular weight is 341 g/mol. The summed E-state index contributed by atoms with van der Waals surface area (Å²) in [5.74, 6) is 1.09. The molecule has 25 heavy (non-hydrogen) atoms. The van der Waals surface area contributed by atoms with E-state index in [-0.39, 0.29) is 12.5 Å². The topological polar surface area (TPSA) is 67.6 Å². The summed E-state index contributed by atoms with van der Waals surface area (Å²) in [5, 5.41) is 9.94. The van der Waals surface area contributed by atoms with Crippen molar-refractivity contribution in [2.24, 2.45) is 5.41 Å². The Labute approximate surface area is 147 Å². The molecule has 2 aliphatic heterocycles. The first-order valence-corrected chi connectivity index (χ1v) is 8.75. The van der Waals surface area contributed by atoms with E-state index in [1.165, 1.54) is 0 Å². The Kier molecular flexibility index (Phi) is 4.00. The van der Waals surface area contributed by atoms with E-state index in [0.717, 1.165) is 43.2 Å². The van der Waals surface area contributed by atoms with E-state index in [9.17, 15) is 9.90 Å². The quantitative estimate of drug-likeness (QED) is 0.902. The van der Waals surface area contributed by atoms with E-state index in [1.807, 2.05) is 43.6 Å². The van der Waals surface area contributed by atoms with Crippen LogP contribution in [0.4, 0.5) is 0 Å². The molecule has 0 bridgehead atoms. The molecule has 6 heteroatoms. The van der Waals surface area contributed by atoms with Gasteiger partial charge in [-0.1, -0.05) is 18.2 Å². The Morgan fingerprint density at radius 1 is 1.40 bits per heavy atom. The lowest BCUT2D eigenvalue weighted by Crippen LogP contribution is -2.45. The third-order valence-corrected chi connectivity index (χ3v) is 5.62. The van der Waals surface area contributed by atoms with Crippen molar-refractivity contribution in [3.63, 3.8) is 0 Å². The predicted octanol–water partition coefficient (Wildman–Crippen LogP) is 2.14. The monoisotopic (exact) mass is 341 g/mol. The third-order valence-electron chi connectivity index (χ3n) is 5.62. The van der Waals surface area contributed by atoms with E-state index in [4.69, 9.17) is 4.74 Å². The van der Waals surface area contributed by atoms with Gasteiger partial charge in [-0.25, -0.2) is 4.98 Å². The van der Waals surface area contributed by atoms with Crippen molar-refractivity contribution in [3.8, 4) is 5.75 Å². The van der Waals surface area contributed by atoms with Gasteiger partial charge in [0.1, 0.15) is 23.6 Å². The summed E-state index contributed by atoms with van der Waals surface area (Å²) in [7, 11) is 0. The van der Waals surface area contributed by atoms with E-state index in [2.05, 4.69) is 14.5 Å². The average Bonchev–Trinajstić information content (AvgIpc) is 3.19. The maximum atomic E-state index is 12.1. The summed E-state index contributed by atoms with van der Waals surface area (Å²) in [6.07, 6.45) is 4.78. The number of fused-ring (bicyclic) bond motifs is 3. The molecule has 0 radical (unpaired) electrons. The number of likely N-dealkylation sites (tertiary alicyclic amines) is 1. The minimum atomic E-state index is -0.834. The fraction of sp³-hybridized carbons (Fsp3) is 0.474. The molecule has 1 aromatic heterocycles. The molecular formula is C19H23N3O3. The number of nitrogens with zero attached hydrogens (tertiary/aromatic N) is 3. The molecule has 0 aliphatic carbocycles. The van der Waals surface area contributed by atoms with Gasteiger partial charge < -0.3 is 19.3 Å². The fourth-order valence-electron chi connectivity index (χ4n) is 4.21. The van der Waals surface area contributed by atoms with Gasteiger partial charge in [-0.15, -0.1) is 0 Å². The largest absolute Gasteiger partial charge is 0.492 e. The Hall–Kier alpha value is -2.34. The van der Waals surface area contributed by atoms with Crippen molar-refractivity contribution in [3.05, 3.63) is 48.0 Å². The van der Waals surface area contributed by atoms with Crippen molar-refractivity contribution in [1.29, 1.82) is 0 Å². The highest BCUT2D eigenvalue weighted by Gasteiger charge is 2.56. The molecule has 0 unspecified atom stereocenters. The number of carboxylic acids is 1. The van der Waals surface area contributed by atoms with Gasteiger partial charge in [-0.2, -0.15) is 0 Å². The maximum Gasteiger partial charge on any atom is 0.315 e. The van der Waals surface area contributed by atoms with Gasteiger partial charge in [0, 0.05) is 37.9 Å². The minimum Gasteiger partial charge on any atom is -0.492 e. The first-order valence-electron chi connectivity index (χ1n) is 8.75. The Bertz CT molecular complexity index is 788. The van der Waals surface area contributed by atoms with Crippen molar-refractivity contribution in [1.82, 2.24) is 14.5 Å². The minimum absolute atomic E-state index is 0.00932. The number of aromatic nitrogens is 2. The van der Waals surface area contributed by atoms with Crippen LogP contribution in [0.1, 0.15) is 23.7 Å². The molecule has 2 aromatic rings. The number of para-hydroxylation sites is 1. The van der Waals surface area contributed by atoms with E-state index >= 15 is 0 Å². The van der Waals surface area contributed by atoms with Crippen LogP contribution in [0.25, 0.3) is 0 Å². The van der Waals surface area contributed by atoms with Gasteiger partial charge in [-0.3, -0.25) is 4.79 Å². The van der Waals surface area contributed by atoms with Crippen LogP contribution in [0.2, 0.25) is 0 Å². The number of hydrogen-bond donors (Lipinski definition) is 1. The van der Waals surface area contributed by atoms with Crippen LogP contribution in [0.3, 0.4) is 0 Å². The predicted molar refractivity (Wildman–Crippen MR) is 92.8 cm³/mol. The van der Waals surface area contributed by atoms with E-state index in [1.54, 1.807) is 0 Å². The number of hydrogen-bond acceptors (Lipinski definition) is 4. The zero-order valence-electron chi connectivity index (χ0n) is 14.4. The smallest absolute Gasteiger partial charge is 0.315 e. The van der Waals surface area contributed by atoms with Crippen molar-refractivity contribution in [2.45, 2.75) is 25.8 Å². The van der Waals surface area contributed by atoms with Crippen LogP contribution in [0.5, 0.6) is 5.75 Å². The zero-order valence-corrected chi connectivity index (χ0v) is 14.4. The summed E-state index contributed by atoms with van der Waals surface area (Å²) in [6.45, 7) is 5.35. The number of ether oxygens (including phenoxy) is 1. The van der Waals surface area contributed by atoms with Crippen molar-refractivity contribution >= 4 is 5.97 Å². The van der Waals surface area contributed by atoms with Gasteiger partial charge >= 0.3 is 5.97 Å². The lowest BCUT2D eigenvalue weighted by Gasteiger charge is -2.35. The first-order chi connectivity index (χ1) is 12.1. The summed E-state index contributed by atoms with van der Waals surface area (Å²) in [6, 6.07) is 7.85. The van der Waals surface area contributed by atoms with Gasteiger partial charge in [0.05, 0.1) is 0 Å². The summed E-state index contributed by atoms with van der Waals surface area (Å²) in [5.41, 5.74) is 0.198. The van der Waals surface area contributed by atoms with Crippen LogP contribution >= 0.6 is 0 Å². The number of aryl methyl sites for hydroxylation is 2. The molecule has 2 atom stereocenters. The summed E-state index contributed by atoms with van der Waals surface area (Å²) >= 11 is 0. The lowest BCUT2D eigenvalue weighted by molar-refractivity contribution is -0.151. The number of aliphatic carboxylic acids is 1. The second kappa shape index (κ2) is 6.19. The van der Waals surface area contributed by atoms with E-state index < -0.39 is 11.4 Å². The fourth-order valence-corrected chi connectivity index (χ4v) is 4.21. The van der Waals surface area contributed by atoms with Gasteiger partial charge in [-0.05, 0) is 31.5 Å². The van der Waals surface area contributed by atoms with Gasteiger partial charge in [0.15, 0.2) is 0 Å². The van der Waals surface area contributed by atoms with Crippen LogP contribution in [0.15, 0.2) is 36.7 Å². The Balaban J connectivity index is 1.49. The number of carboxylic acid groups (broad SMARTS) is 1. The number of benzene rings is 1. The molecule has 0 saturated carbocycles.